The molecule has 0 bridgehead atoms. The zero-order chi connectivity index (χ0) is 11.1. The van der Waals surface area contributed by atoms with Gasteiger partial charge >= 0.3 is 0 Å². The molecule has 0 aliphatic rings. The molecule has 82 valence electrons. The molecule has 0 heterocycles. The summed E-state index contributed by atoms with van der Waals surface area (Å²) in [6.45, 7) is 3.92. The molecule has 1 aromatic rings. The second-order valence-electron chi connectivity index (χ2n) is 2.99. The van der Waals surface area contributed by atoms with Crippen molar-refractivity contribution in [1.82, 2.24) is 0 Å². The average molecular weight is 208 g/mol. The van der Waals surface area contributed by atoms with Crippen molar-refractivity contribution < 1.29 is 14.2 Å². The Hall–Kier alpha value is -1.48. The van der Waals surface area contributed by atoms with Crippen molar-refractivity contribution >= 4 is 0 Å². The first-order valence-electron chi connectivity index (χ1n) is 4.72. The number of allylic oxidation sites excluding steroid dienone is 1. The topological polar surface area (TPSA) is 27.7 Å². The summed E-state index contributed by atoms with van der Waals surface area (Å²) in [7, 11) is 3.20. The zero-order valence-corrected chi connectivity index (χ0v) is 9.16. The standard InChI is InChI=1S/C12H16O3/c1-4-6-10-7-5-8-11(14-3)12(10)15-9-13-2/h4-5,7-8H,1,6,9H2,2-3H3. The van der Waals surface area contributed by atoms with Gasteiger partial charge in [0.05, 0.1) is 7.11 Å². The van der Waals surface area contributed by atoms with Crippen LogP contribution in [0.25, 0.3) is 0 Å². The molecule has 1 aromatic carbocycles. The first-order valence-corrected chi connectivity index (χ1v) is 4.72. The van der Waals surface area contributed by atoms with Gasteiger partial charge in [-0.25, -0.2) is 0 Å². The van der Waals surface area contributed by atoms with E-state index in [-0.39, 0.29) is 6.79 Å². The van der Waals surface area contributed by atoms with E-state index in [1.807, 2.05) is 24.3 Å². The van der Waals surface area contributed by atoms with Gasteiger partial charge in [-0.05, 0) is 12.5 Å². The summed E-state index contributed by atoms with van der Waals surface area (Å²) in [5.74, 6) is 1.44. The second kappa shape index (κ2) is 6.09. The van der Waals surface area contributed by atoms with E-state index < -0.39 is 0 Å². The van der Waals surface area contributed by atoms with Gasteiger partial charge in [0.2, 0.25) is 0 Å². The van der Waals surface area contributed by atoms with Crippen LogP contribution in [0.3, 0.4) is 0 Å². The van der Waals surface area contributed by atoms with Gasteiger partial charge in [-0.2, -0.15) is 0 Å². The summed E-state index contributed by atoms with van der Waals surface area (Å²) >= 11 is 0. The highest BCUT2D eigenvalue weighted by atomic mass is 16.7. The fourth-order valence-corrected chi connectivity index (χ4v) is 1.32. The highest BCUT2D eigenvalue weighted by Gasteiger charge is 2.08. The van der Waals surface area contributed by atoms with Crippen LogP contribution < -0.4 is 9.47 Å². The lowest BCUT2D eigenvalue weighted by Gasteiger charge is -2.13. The minimum absolute atomic E-state index is 0.213. The lowest BCUT2D eigenvalue weighted by atomic mass is 10.1. The molecule has 0 saturated heterocycles. The number of methoxy groups -OCH3 is 2. The molecule has 0 saturated carbocycles. The number of rotatable bonds is 6. The van der Waals surface area contributed by atoms with E-state index in [2.05, 4.69) is 6.58 Å². The summed E-state index contributed by atoms with van der Waals surface area (Å²) in [6.07, 6.45) is 2.57. The number of hydrogen-bond donors (Lipinski definition) is 0. The molecule has 0 aliphatic heterocycles. The second-order valence-corrected chi connectivity index (χ2v) is 2.99. The highest BCUT2D eigenvalue weighted by Crippen LogP contribution is 2.31. The van der Waals surface area contributed by atoms with Gasteiger partial charge in [0.1, 0.15) is 0 Å². The molecule has 0 unspecified atom stereocenters. The smallest absolute Gasteiger partial charge is 0.188 e. The monoisotopic (exact) mass is 208 g/mol. The summed E-state index contributed by atoms with van der Waals surface area (Å²) in [6, 6.07) is 5.77. The normalized spacial score (nSPS) is 9.73. The van der Waals surface area contributed by atoms with Crippen LogP contribution in [0.2, 0.25) is 0 Å². The van der Waals surface area contributed by atoms with Crippen LogP contribution in [0.5, 0.6) is 11.5 Å². The quantitative estimate of drug-likeness (QED) is 0.530. The van der Waals surface area contributed by atoms with E-state index in [1.165, 1.54) is 0 Å². The Morgan fingerprint density at radius 3 is 2.73 bits per heavy atom. The SMILES string of the molecule is C=CCc1cccc(OC)c1OCOC. The largest absolute Gasteiger partial charge is 0.493 e. The van der Waals surface area contributed by atoms with Crippen molar-refractivity contribution in [2.24, 2.45) is 0 Å². The molecule has 3 heteroatoms. The summed E-state index contributed by atoms with van der Waals surface area (Å²) in [5.41, 5.74) is 1.04. The summed E-state index contributed by atoms with van der Waals surface area (Å²) in [5, 5.41) is 0. The van der Waals surface area contributed by atoms with Gasteiger partial charge < -0.3 is 14.2 Å². The van der Waals surface area contributed by atoms with Crippen LogP contribution in [-0.4, -0.2) is 21.0 Å². The Kier molecular flexibility index (Phi) is 4.71. The highest BCUT2D eigenvalue weighted by molar-refractivity contribution is 5.47. The Balaban J connectivity index is 2.96. The molecule has 0 aromatic heterocycles. The fraction of sp³-hybridized carbons (Fsp3) is 0.333. The molecule has 0 spiro atoms. The van der Waals surface area contributed by atoms with Crippen molar-refractivity contribution in [2.45, 2.75) is 6.42 Å². The first-order chi connectivity index (χ1) is 7.33. The van der Waals surface area contributed by atoms with Crippen LogP contribution in [0.1, 0.15) is 5.56 Å². The van der Waals surface area contributed by atoms with E-state index in [9.17, 15) is 0 Å². The van der Waals surface area contributed by atoms with Crippen LogP contribution in [0.4, 0.5) is 0 Å². The van der Waals surface area contributed by atoms with Gasteiger partial charge in [0.25, 0.3) is 0 Å². The number of hydrogen-bond acceptors (Lipinski definition) is 3. The summed E-state index contributed by atoms with van der Waals surface area (Å²) in [4.78, 5) is 0. The molecule has 0 atom stereocenters. The first kappa shape index (κ1) is 11.6. The van der Waals surface area contributed by atoms with Crippen LogP contribution >= 0.6 is 0 Å². The molecule has 0 fully saturated rings. The lowest BCUT2D eigenvalue weighted by Crippen LogP contribution is -2.03. The van der Waals surface area contributed by atoms with Crippen molar-refractivity contribution in [3.05, 3.63) is 36.4 Å². The summed E-state index contributed by atoms with van der Waals surface area (Å²) < 4.78 is 15.6. The molecule has 15 heavy (non-hydrogen) atoms. The van der Waals surface area contributed by atoms with Gasteiger partial charge in [-0.3, -0.25) is 0 Å². The Morgan fingerprint density at radius 1 is 1.33 bits per heavy atom. The molecular weight excluding hydrogens is 192 g/mol. The third kappa shape index (κ3) is 2.99. The molecule has 0 N–H and O–H groups in total. The van der Waals surface area contributed by atoms with Crippen LogP contribution in [-0.2, 0) is 11.2 Å². The predicted molar refractivity (Wildman–Crippen MR) is 59.4 cm³/mol. The van der Waals surface area contributed by atoms with Crippen molar-refractivity contribution in [3.8, 4) is 11.5 Å². The maximum absolute atomic E-state index is 5.47. The van der Waals surface area contributed by atoms with Gasteiger partial charge in [-0.1, -0.05) is 18.2 Å². The predicted octanol–water partition coefficient (Wildman–Crippen LogP) is 2.41. The van der Waals surface area contributed by atoms with Crippen LogP contribution in [0, 0.1) is 0 Å². The maximum Gasteiger partial charge on any atom is 0.188 e. The number of ether oxygens (including phenoxy) is 3. The molecule has 0 aliphatic carbocycles. The molecule has 0 amide bonds. The third-order valence-corrected chi connectivity index (χ3v) is 1.97. The molecule has 1 rings (SSSR count). The zero-order valence-electron chi connectivity index (χ0n) is 9.16. The minimum atomic E-state index is 0.213. The number of benzene rings is 1. The van der Waals surface area contributed by atoms with Crippen LogP contribution in [0.15, 0.2) is 30.9 Å². The van der Waals surface area contributed by atoms with E-state index in [4.69, 9.17) is 14.2 Å². The molecule has 3 nitrogen and oxygen atoms in total. The Labute approximate surface area is 90.3 Å². The van der Waals surface area contributed by atoms with Gasteiger partial charge in [0, 0.05) is 12.7 Å². The van der Waals surface area contributed by atoms with Crippen molar-refractivity contribution in [3.63, 3.8) is 0 Å². The molecular formula is C12H16O3. The fourth-order valence-electron chi connectivity index (χ4n) is 1.32. The van der Waals surface area contributed by atoms with E-state index >= 15 is 0 Å². The maximum atomic E-state index is 5.47. The Morgan fingerprint density at radius 2 is 2.13 bits per heavy atom. The van der Waals surface area contributed by atoms with Crippen molar-refractivity contribution in [1.29, 1.82) is 0 Å². The van der Waals surface area contributed by atoms with E-state index in [0.717, 1.165) is 17.7 Å². The molecule has 0 radical (unpaired) electrons. The number of para-hydroxylation sites is 1. The Bertz CT molecular complexity index is 321. The van der Waals surface area contributed by atoms with Gasteiger partial charge in [-0.15, -0.1) is 6.58 Å². The van der Waals surface area contributed by atoms with Gasteiger partial charge in [0.15, 0.2) is 18.3 Å². The third-order valence-electron chi connectivity index (χ3n) is 1.97. The lowest BCUT2D eigenvalue weighted by molar-refractivity contribution is 0.0485. The van der Waals surface area contributed by atoms with Crippen molar-refractivity contribution in [2.75, 3.05) is 21.0 Å². The minimum Gasteiger partial charge on any atom is -0.493 e. The van der Waals surface area contributed by atoms with E-state index in [0.29, 0.717) is 5.75 Å². The average Bonchev–Trinajstić information content (AvgIpc) is 2.27. The van der Waals surface area contributed by atoms with E-state index in [1.54, 1.807) is 14.2 Å².